The number of anilines is 1. The van der Waals surface area contributed by atoms with E-state index in [1.807, 2.05) is 4.90 Å². The van der Waals surface area contributed by atoms with Crippen molar-refractivity contribution in [1.82, 2.24) is 19.8 Å². The number of nitrogens with one attached hydrogen (secondary N) is 1. The normalized spacial score (nSPS) is 18.2. The van der Waals surface area contributed by atoms with Gasteiger partial charge in [0.2, 0.25) is 5.91 Å². The van der Waals surface area contributed by atoms with Crippen molar-refractivity contribution in [1.29, 1.82) is 0 Å². The van der Waals surface area contributed by atoms with Crippen molar-refractivity contribution in [3.63, 3.8) is 0 Å². The molecule has 9 heteroatoms. The van der Waals surface area contributed by atoms with E-state index < -0.39 is 5.82 Å². The molecule has 170 valence electrons. The summed E-state index contributed by atoms with van der Waals surface area (Å²) in [7, 11) is 1.80. The number of likely N-dealkylation sites (tertiary alicyclic amines) is 1. The Kier molecular flexibility index (Phi) is 6.53. The predicted octanol–water partition coefficient (Wildman–Crippen LogP) is 2.35. The van der Waals surface area contributed by atoms with Gasteiger partial charge in [-0.25, -0.2) is 14.4 Å². The van der Waals surface area contributed by atoms with Crippen LogP contribution in [0.2, 0.25) is 0 Å². The van der Waals surface area contributed by atoms with Crippen molar-refractivity contribution in [2.45, 2.75) is 38.6 Å². The van der Waals surface area contributed by atoms with Crippen LogP contribution in [0.1, 0.15) is 42.8 Å². The molecule has 1 fully saturated rings. The van der Waals surface area contributed by atoms with Crippen LogP contribution in [0, 0.1) is 5.82 Å². The zero-order valence-corrected chi connectivity index (χ0v) is 18.4. The molecule has 0 bridgehead atoms. The molecule has 0 aliphatic carbocycles. The lowest BCUT2D eigenvalue weighted by molar-refractivity contribution is -0.134. The number of carbonyl (C=O) groups is 2. The maximum atomic E-state index is 13.7. The van der Waals surface area contributed by atoms with Crippen molar-refractivity contribution in [2.24, 2.45) is 0 Å². The van der Waals surface area contributed by atoms with Gasteiger partial charge in [0.25, 0.3) is 5.91 Å². The Balaban J connectivity index is 1.46. The van der Waals surface area contributed by atoms with Crippen molar-refractivity contribution >= 4 is 17.6 Å². The zero-order chi connectivity index (χ0) is 22.7. The van der Waals surface area contributed by atoms with Crippen LogP contribution < -0.4 is 10.1 Å². The van der Waals surface area contributed by atoms with Gasteiger partial charge < -0.3 is 19.9 Å². The van der Waals surface area contributed by atoms with Gasteiger partial charge in [0.1, 0.15) is 11.6 Å². The van der Waals surface area contributed by atoms with Gasteiger partial charge in [0.15, 0.2) is 18.2 Å². The van der Waals surface area contributed by atoms with E-state index in [9.17, 15) is 14.0 Å². The van der Waals surface area contributed by atoms with Crippen molar-refractivity contribution in [2.75, 3.05) is 38.6 Å². The molecule has 1 aromatic heterocycles. The fourth-order valence-electron chi connectivity index (χ4n) is 4.30. The first kappa shape index (κ1) is 22.0. The molecule has 1 aromatic carbocycles. The summed E-state index contributed by atoms with van der Waals surface area (Å²) in [5.41, 5.74) is 1.82. The summed E-state index contributed by atoms with van der Waals surface area (Å²) in [6, 6.07) is 6.04. The van der Waals surface area contributed by atoms with Crippen LogP contribution in [0.5, 0.6) is 5.75 Å². The van der Waals surface area contributed by atoms with Gasteiger partial charge >= 0.3 is 0 Å². The van der Waals surface area contributed by atoms with E-state index in [4.69, 9.17) is 14.7 Å². The molecule has 0 radical (unpaired) electrons. The minimum Gasteiger partial charge on any atom is -0.481 e. The standard InChI is InChI=1S/C23H28FN5O3/c1-15(30)28-10-5-6-16(12-28)22-26-19-9-11-29(13-17(19)23(25-2)27-22)21(31)14-32-20-8-4-3-7-18(20)24/h3-4,7-8,16H,5-6,9-14H2,1-2H3,(H,25,26,27). The van der Waals surface area contributed by atoms with Crippen molar-refractivity contribution in [3.05, 3.63) is 47.2 Å². The SMILES string of the molecule is CNc1nc(C2CCCN(C(C)=O)C2)nc2c1CN(C(=O)COc1ccccc1F)CC2. The van der Waals surface area contributed by atoms with Crippen LogP contribution >= 0.6 is 0 Å². The van der Waals surface area contributed by atoms with E-state index in [1.165, 1.54) is 12.1 Å². The molecule has 1 unspecified atom stereocenters. The molecule has 2 amide bonds. The minimum atomic E-state index is -0.492. The van der Waals surface area contributed by atoms with Crippen LogP contribution in [0.15, 0.2) is 24.3 Å². The van der Waals surface area contributed by atoms with E-state index in [1.54, 1.807) is 31.0 Å². The summed E-state index contributed by atoms with van der Waals surface area (Å²) in [5, 5.41) is 3.14. The van der Waals surface area contributed by atoms with E-state index in [0.29, 0.717) is 31.9 Å². The number of aromatic nitrogens is 2. The number of hydrogen-bond donors (Lipinski definition) is 1. The number of nitrogens with zero attached hydrogens (tertiary/aromatic N) is 4. The number of ether oxygens (including phenoxy) is 1. The molecule has 2 aliphatic heterocycles. The number of hydrogen-bond acceptors (Lipinski definition) is 6. The first-order chi connectivity index (χ1) is 15.5. The number of para-hydroxylation sites is 1. The van der Waals surface area contributed by atoms with Crippen LogP contribution in [0.3, 0.4) is 0 Å². The molecule has 32 heavy (non-hydrogen) atoms. The molecule has 1 saturated heterocycles. The Morgan fingerprint density at radius 3 is 2.78 bits per heavy atom. The van der Waals surface area contributed by atoms with Gasteiger partial charge in [0, 0.05) is 51.5 Å². The second kappa shape index (κ2) is 9.50. The average molecular weight is 442 g/mol. The van der Waals surface area contributed by atoms with Gasteiger partial charge in [-0.15, -0.1) is 0 Å². The molecular formula is C23H28FN5O3. The lowest BCUT2D eigenvalue weighted by Crippen LogP contribution is -2.40. The average Bonchev–Trinajstić information content (AvgIpc) is 2.82. The molecule has 1 atom stereocenters. The second-order valence-corrected chi connectivity index (χ2v) is 8.19. The molecule has 0 spiro atoms. The third-order valence-corrected chi connectivity index (χ3v) is 6.09. The number of fused-ring (bicyclic) bond motifs is 1. The Morgan fingerprint density at radius 2 is 2.03 bits per heavy atom. The quantitative estimate of drug-likeness (QED) is 0.767. The highest BCUT2D eigenvalue weighted by atomic mass is 19.1. The maximum absolute atomic E-state index is 13.7. The second-order valence-electron chi connectivity index (χ2n) is 8.19. The molecule has 8 nitrogen and oxygen atoms in total. The van der Waals surface area contributed by atoms with Gasteiger partial charge in [0.05, 0.1) is 12.2 Å². The van der Waals surface area contributed by atoms with Gasteiger partial charge in [-0.3, -0.25) is 9.59 Å². The summed E-state index contributed by atoms with van der Waals surface area (Å²) >= 11 is 0. The van der Waals surface area contributed by atoms with Crippen molar-refractivity contribution < 1.29 is 18.7 Å². The Hall–Kier alpha value is -3.23. The summed E-state index contributed by atoms with van der Waals surface area (Å²) < 4.78 is 19.1. The summed E-state index contributed by atoms with van der Waals surface area (Å²) in [6.07, 6.45) is 2.49. The highest BCUT2D eigenvalue weighted by Crippen LogP contribution is 2.30. The lowest BCUT2D eigenvalue weighted by Gasteiger charge is -2.33. The van der Waals surface area contributed by atoms with Gasteiger partial charge in [-0.1, -0.05) is 12.1 Å². The lowest BCUT2D eigenvalue weighted by atomic mass is 9.96. The highest BCUT2D eigenvalue weighted by molar-refractivity contribution is 5.78. The third-order valence-electron chi connectivity index (χ3n) is 6.09. The largest absolute Gasteiger partial charge is 0.481 e. The monoisotopic (exact) mass is 441 g/mol. The topological polar surface area (TPSA) is 87.7 Å². The Labute approximate surface area is 186 Å². The van der Waals surface area contributed by atoms with E-state index in [2.05, 4.69) is 5.32 Å². The summed E-state index contributed by atoms with van der Waals surface area (Å²) in [4.78, 5) is 37.6. The Morgan fingerprint density at radius 1 is 1.22 bits per heavy atom. The molecule has 1 N–H and O–H groups in total. The van der Waals surface area contributed by atoms with Gasteiger partial charge in [-0.2, -0.15) is 0 Å². The van der Waals surface area contributed by atoms with E-state index >= 15 is 0 Å². The molecule has 3 heterocycles. The van der Waals surface area contributed by atoms with E-state index in [0.717, 1.165) is 36.5 Å². The smallest absolute Gasteiger partial charge is 0.260 e. The fourth-order valence-corrected chi connectivity index (χ4v) is 4.30. The fraction of sp³-hybridized carbons (Fsp3) is 0.478. The predicted molar refractivity (Wildman–Crippen MR) is 117 cm³/mol. The first-order valence-electron chi connectivity index (χ1n) is 10.9. The molecule has 0 saturated carbocycles. The van der Waals surface area contributed by atoms with Crippen LogP contribution in [0.25, 0.3) is 0 Å². The number of halogens is 1. The Bertz CT molecular complexity index is 998. The summed E-state index contributed by atoms with van der Waals surface area (Å²) in [5.74, 6) is 1.00. The number of amides is 2. The number of carbonyl (C=O) groups excluding carboxylic acids is 2. The van der Waals surface area contributed by atoms with Crippen molar-refractivity contribution in [3.8, 4) is 5.75 Å². The number of benzene rings is 1. The third kappa shape index (κ3) is 4.66. The number of rotatable bonds is 5. The first-order valence-corrected chi connectivity index (χ1v) is 10.9. The van der Waals surface area contributed by atoms with E-state index in [-0.39, 0.29) is 30.1 Å². The molecular weight excluding hydrogens is 413 g/mol. The molecule has 2 aliphatic rings. The minimum absolute atomic E-state index is 0.0641. The highest BCUT2D eigenvalue weighted by Gasteiger charge is 2.29. The summed E-state index contributed by atoms with van der Waals surface area (Å²) in [6.45, 7) is 3.66. The van der Waals surface area contributed by atoms with Crippen LogP contribution in [0.4, 0.5) is 10.2 Å². The molecule has 2 aromatic rings. The van der Waals surface area contributed by atoms with Crippen LogP contribution in [-0.2, 0) is 22.6 Å². The van der Waals surface area contributed by atoms with Gasteiger partial charge in [-0.05, 0) is 25.0 Å². The molecule has 4 rings (SSSR count). The maximum Gasteiger partial charge on any atom is 0.260 e. The zero-order valence-electron chi connectivity index (χ0n) is 18.4. The number of piperidine rings is 1. The van der Waals surface area contributed by atoms with Crippen LogP contribution in [-0.4, -0.2) is 64.9 Å².